The highest BCUT2D eigenvalue weighted by Gasteiger charge is 2.19. The summed E-state index contributed by atoms with van der Waals surface area (Å²) in [6, 6.07) is 10.2. The normalized spacial score (nSPS) is 14.9. The maximum Gasteiger partial charge on any atom is 0.323 e. The molecule has 27 heavy (non-hydrogen) atoms. The highest BCUT2D eigenvalue weighted by atomic mass is 16.2. The van der Waals surface area contributed by atoms with Gasteiger partial charge in [-0.3, -0.25) is 5.32 Å². The van der Waals surface area contributed by atoms with E-state index in [4.69, 9.17) is 0 Å². The Kier molecular flexibility index (Phi) is 6.29. The highest BCUT2D eigenvalue weighted by Crippen LogP contribution is 2.25. The van der Waals surface area contributed by atoms with Crippen molar-refractivity contribution in [2.24, 2.45) is 0 Å². The fourth-order valence-electron chi connectivity index (χ4n) is 3.09. The van der Waals surface area contributed by atoms with Crippen LogP contribution >= 0.6 is 0 Å². The Morgan fingerprint density at radius 3 is 2.52 bits per heavy atom. The van der Waals surface area contributed by atoms with Gasteiger partial charge in [-0.1, -0.05) is 19.1 Å². The second-order valence-corrected chi connectivity index (χ2v) is 7.11. The van der Waals surface area contributed by atoms with E-state index in [1.165, 1.54) is 5.56 Å². The summed E-state index contributed by atoms with van der Waals surface area (Å²) in [7, 11) is 2.07. The lowest BCUT2D eigenvalue weighted by molar-refractivity contribution is 0.164. The summed E-state index contributed by atoms with van der Waals surface area (Å²) in [6.07, 6.45) is 2.90. The van der Waals surface area contributed by atoms with Crippen LogP contribution in [0, 0.1) is 6.92 Å². The lowest BCUT2D eigenvalue weighted by atomic mass is 10.0. The smallest absolute Gasteiger partial charge is 0.323 e. The summed E-state index contributed by atoms with van der Waals surface area (Å²) < 4.78 is 0. The number of amides is 2. The Labute approximate surface area is 161 Å². The first-order valence-electron chi connectivity index (χ1n) is 9.62. The minimum Gasteiger partial charge on any atom is -0.385 e. The molecule has 1 saturated heterocycles. The SMILES string of the molecule is CCCNc1cc(-c2ccc(NC(=O)N3CCN(C)CC3)nc2)ccc1C. The summed E-state index contributed by atoms with van der Waals surface area (Å²) >= 11 is 0. The number of pyridine rings is 1. The largest absolute Gasteiger partial charge is 0.385 e. The molecular weight excluding hydrogens is 338 g/mol. The number of anilines is 2. The zero-order valence-corrected chi connectivity index (χ0v) is 16.5. The third-order valence-electron chi connectivity index (χ3n) is 4.93. The molecule has 1 aliphatic rings. The van der Waals surface area contributed by atoms with Gasteiger partial charge in [0, 0.05) is 50.2 Å². The Bertz CT molecular complexity index is 767. The summed E-state index contributed by atoms with van der Waals surface area (Å²) in [5.74, 6) is 0.583. The topological polar surface area (TPSA) is 60.5 Å². The molecule has 2 heterocycles. The monoisotopic (exact) mass is 367 g/mol. The molecule has 0 saturated carbocycles. The quantitative estimate of drug-likeness (QED) is 0.847. The molecule has 0 unspecified atom stereocenters. The molecule has 0 aliphatic carbocycles. The Morgan fingerprint density at radius 1 is 1.11 bits per heavy atom. The van der Waals surface area contributed by atoms with E-state index in [0.717, 1.165) is 56.0 Å². The van der Waals surface area contributed by atoms with Gasteiger partial charge < -0.3 is 15.1 Å². The van der Waals surface area contributed by atoms with Crippen molar-refractivity contribution >= 4 is 17.5 Å². The first-order valence-corrected chi connectivity index (χ1v) is 9.62. The van der Waals surface area contributed by atoms with Gasteiger partial charge in [-0.2, -0.15) is 0 Å². The first kappa shape index (κ1) is 19.2. The predicted molar refractivity (Wildman–Crippen MR) is 111 cm³/mol. The molecule has 2 N–H and O–H groups in total. The molecule has 0 radical (unpaired) electrons. The van der Waals surface area contributed by atoms with E-state index >= 15 is 0 Å². The van der Waals surface area contributed by atoms with Gasteiger partial charge in [0.1, 0.15) is 5.82 Å². The fourth-order valence-corrected chi connectivity index (χ4v) is 3.09. The molecule has 1 aromatic carbocycles. The minimum absolute atomic E-state index is 0.0789. The van der Waals surface area contributed by atoms with E-state index in [-0.39, 0.29) is 6.03 Å². The molecule has 1 fully saturated rings. The van der Waals surface area contributed by atoms with Crippen molar-refractivity contribution in [2.75, 3.05) is 50.4 Å². The molecule has 3 rings (SSSR count). The van der Waals surface area contributed by atoms with Crippen LogP contribution in [0.1, 0.15) is 18.9 Å². The second kappa shape index (κ2) is 8.86. The summed E-state index contributed by atoms with van der Waals surface area (Å²) in [5, 5.41) is 6.36. The van der Waals surface area contributed by atoms with Crippen LogP contribution in [-0.2, 0) is 0 Å². The average molecular weight is 367 g/mol. The van der Waals surface area contributed by atoms with Crippen molar-refractivity contribution in [3.8, 4) is 11.1 Å². The van der Waals surface area contributed by atoms with Crippen LogP contribution < -0.4 is 10.6 Å². The van der Waals surface area contributed by atoms with Gasteiger partial charge in [0.15, 0.2) is 0 Å². The molecule has 0 bridgehead atoms. The third kappa shape index (κ3) is 4.98. The number of hydrogen-bond acceptors (Lipinski definition) is 4. The molecule has 144 valence electrons. The Hall–Kier alpha value is -2.60. The van der Waals surface area contributed by atoms with Crippen LogP contribution in [0.25, 0.3) is 11.1 Å². The van der Waals surface area contributed by atoms with Crippen molar-refractivity contribution in [2.45, 2.75) is 20.3 Å². The number of piperazine rings is 1. The minimum atomic E-state index is -0.0789. The van der Waals surface area contributed by atoms with Gasteiger partial charge in [0.05, 0.1) is 0 Å². The van der Waals surface area contributed by atoms with Gasteiger partial charge in [-0.15, -0.1) is 0 Å². The Balaban J connectivity index is 1.65. The van der Waals surface area contributed by atoms with Crippen molar-refractivity contribution < 1.29 is 4.79 Å². The maximum absolute atomic E-state index is 12.4. The third-order valence-corrected chi connectivity index (χ3v) is 4.93. The van der Waals surface area contributed by atoms with Crippen LogP contribution in [0.15, 0.2) is 36.5 Å². The number of carbonyl (C=O) groups is 1. The maximum atomic E-state index is 12.4. The second-order valence-electron chi connectivity index (χ2n) is 7.11. The van der Waals surface area contributed by atoms with Crippen LogP contribution in [0.3, 0.4) is 0 Å². The van der Waals surface area contributed by atoms with E-state index in [2.05, 4.69) is 59.6 Å². The number of rotatable bonds is 5. The van der Waals surface area contributed by atoms with E-state index in [9.17, 15) is 4.79 Å². The number of nitrogens with one attached hydrogen (secondary N) is 2. The van der Waals surface area contributed by atoms with Gasteiger partial charge in [0.25, 0.3) is 0 Å². The molecular formula is C21H29N5O. The number of likely N-dealkylation sites (N-methyl/N-ethyl adjacent to an activating group) is 1. The number of hydrogen-bond donors (Lipinski definition) is 2. The first-order chi connectivity index (χ1) is 13.1. The zero-order chi connectivity index (χ0) is 19.2. The van der Waals surface area contributed by atoms with Crippen LogP contribution in [0.2, 0.25) is 0 Å². The predicted octanol–water partition coefficient (Wildman–Crippen LogP) is 3.66. The molecule has 2 amide bonds. The number of benzene rings is 1. The summed E-state index contributed by atoms with van der Waals surface area (Å²) in [6.45, 7) is 8.53. The highest BCUT2D eigenvalue weighted by molar-refractivity contribution is 5.88. The average Bonchev–Trinajstić information content (AvgIpc) is 2.68. The molecule has 2 aromatic rings. The van der Waals surface area contributed by atoms with Gasteiger partial charge in [-0.25, -0.2) is 9.78 Å². The Morgan fingerprint density at radius 2 is 1.85 bits per heavy atom. The molecule has 6 heteroatoms. The van der Waals surface area contributed by atoms with Gasteiger partial charge >= 0.3 is 6.03 Å². The number of carbonyl (C=O) groups excluding carboxylic acids is 1. The number of nitrogens with zero attached hydrogens (tertiary/aromatic N) is 3. The molecule has 1 aromatic heterocycles. The fraction of sp³-hybridized carbons (Fsp3) is 0.429. The van der Waals surface area contributed by atoms with Crippen molar-refractivity contribution in [1.29, 1.82) is 0 Å². The van der Waals surface area contributed by atoms with Gasteiger partial charge in [0.2, 0.25) is 0 Å². The van der Waals surface area contributed by atoms with Crippen molar-refractivity contribution in [3.05, 3.63) is 42.1 Å². The van der Waals surface area contributed by atoms with Gasteiger partial charge in [-0.05, 0) is 49.7 Å². The lowest BCUT2D eigenvalue weighted by Gasteiger charge is -2.32. The molecule has 1 aliphatic heterocycles. The van der Waals surface area contributed by atoms with Crippen molar-refractivity contribution in [3.63, 3.8) is 0 Å². The van der Waals surface area contributed by atoms with Crippen LogP contribution in [0.4, 0.5) is 16.3 Å². The number of aromatic nitrogens is 1. The van der Waals surface area contributed by atoms with E-state index in [0.29, 0.717) is 5.82 Å². The molecule has 0 spiro atoms. The van der Waals surface area contributed by atoms with Crippen LogP contribution in [0.5, 0.6) is 0 Å². The number of urea groups is 1. The molecule has 0 atom stereocenters. The van der Waals surface area contributed by atoms with Crippen molar-refractivity contribution in [1.82, 2.24) is 14.8 Å². The van der Waals surface area contributed by atoms with Crippen LogP contribution in [-0.4, -0.2) is 60.6 Å². The number of aryl methyl sites for hydroxylation is 1. The summed E-state index contributed by atoms with van der Waals surface area (Å²) in [4.78, 5) is 20.8. The zero-order valence-electron chi connectivity index (χ0n) is 16.5. The van der Waals surface area contributed by atoms with E-state index in [1.54, 1.807) is 0 Å². The van der Waals surface area contributed by atoms with E-state index < -0.39 is 0 Å². The molecule has 6 nitrogen and oxygen atoms in total. The summed E-state index contributed by atoms with van der Waals surface area (Å²) in [5.41, 5.74) is 4.54. The standard InChI is InChI=1S/C21H29N5O/c1-4-9-22-19-14-17(6-5-16(19)2)18-7-8-20(23-15-18)24-21(27)26-12-10-25(3)11-13-26/h5-8,14-15,22H,4,9-13H2,1-3H3,(H,23,24,27). The van der Waals surface area contributed by atoms with E-state index in [1.807, 2.05) is 23.2 Å². The lowest BCUT2D eigenvalue weighted by Crippen LogP contribution is -2.48.